The van der Waals surface area contributed by atoms with Crippen LogP contribution in [0.2, 0.25) is 0 Å². The van der Waals surface area contributed by atoms with Gasteiger partial charge in [-0.05, 0) is 18.6 Å². The molecule has 3 rings (SSSR count). The van der Waals surface area contributed by atoms with Crippen molar-refractivity contribution >= 4 is 34.3 Å². The average Bonchev–Trinajstić information content (AvgIpc) is 3.19. The fourth-order valence-corrected chi connectivity index (χ4v) is 2.78. The predicted molar refractivity (Wildman–Crippen MR) is 94.9 cm³/mol. The highest BCUT2D eigenvalue weighted by Crippen LogP contribution is 2.25. The van der Waals surface area contributed by atoms with Crippen LogP contribution in [0.4, 0.5) is 0 Å². The Balaban J connectivity index is 1.95. The largest absolute Gasteiger partial charge is 0.463 e. The molecule has 2 radical (unpaired) electrons. The van der Waals surface area contributed by atoms with E-state index >= 15 is 0 Å². The number of carbonyl (C=O) groups excluding carboxylic acids is 1. The smallest absolute Gasteiger partial charge is 0.302 e. The lowest BCUT2D eigenvalue weighted by Gasteiger charge is -2.14. The fraction of sp³-hybridized carbons (Fsp3) is 0.467. The summed E-state index contributed by atoms with van der Waals surface area (Å²) in [6, 6.07) is 0. The molecular weight excluding hydrogens is 360 g/mol. The Bertz CT molecular complexity index is 907. The number of carbonyl (C=O) groups is 1. The minimum Gasteiger partial charge on any atom is -0.463 e. The number of hydrogen-bond acceptors (Lipinski definition) is 8. The molecule has 3 heterocycles. The van der Waals surface area contributed by atoms with E-state index in [1.165, 1.54) is 11.6 Å². The van der Waals surface area contributed by atoms with Crippen molar-refractivity contribution in [3.05, 3.63) is 28.9 Å². The zero-order valence-corrected chi connectivity index (χ0v) is 15.1. The summed E-state index contributed by atoms with van der Waals surface area (Å²) in [6.07, 6.45) is 3.53. The van der Waals surface area contributed by atoms with Crippen molar-refractivity contribution in [2.24, 2.45) is 5.73 Å². The summed E-state index contributed by atoms with van der Waals surface area (Å²) in [4.78, 5) is 23.8. The third-order valence-electron chi connectivity index (χ3n) is 3.77. The molecule has 0 aromatic carbocycles. The summed E-state index contributed by atoms with van der Waals surface area (Å²) in [5.41, 5.74) is 6.37. The van der Waals surface area contributed by atoms with Crippen molar-refractivity contribution < 1.29 is 14.3 Å². The third kappa shape index (κ3) is 3.44. The van der Waals surface area contributed by atoms with E-state index in [9.17, 15) is 9.59 Å². The van der Waals surface area contributed by atoms with Crippen molar-refractivity contribution in [1.29, 1.82) is 0 Å². The van der Waals surface area contributed by atoms with Crippen LogP contribution >= 0.6 is 12.2 Å². The van der Waals surface area contributed by atoms with Gasteiger partial charge < -0.3 is 15.2 Å². The standard InChI is InChI=1S/C15H18N6O4S/c1-3-4-10-12-13(21(18-10)15(16)26)14(23)20(19-17-12)11-6-5-9(25-11)7-24-8(2)22/h5-6,9,11H,3-4,7H2,1-2H3,(H2,16,26). The molecule has 11 heteroatoms. The molecule has 1 fully saturated rings. The van der Waals surface area contributed by atoms with Gasteiger partial charge in [0.05, 0.1) is 11.8 Å². The Morgan fingerprint density at radius 1 is 1.46 bits per heavy atom. The normalized spacial score (nSPS) is 19.8. The Labute approximate surface area is 154 Å². The summed E-state index contributed by atoms with van der Waals surface area (Å²) in [7, 11) is 0. The number of fused-ring (bicyclic) bond motifs is 1. The van der Waals surface area contributed by atoms with Crippen LogP contribution in [0, 0.1) is 12.8 Å². The summed E-state index contributed by atoms with van der Waals surface area (Å²) in [5.74, 6) is -0.410. The number of aromatic nitrogens is 5. The van der Waals surface area contributed by atoms with Gasteiger partial charge in [0.15, 0.2) is 16.9 Å². The summed E-state index contributed by atoms with van der Waals surface area (Å²) < 4.78 is 12.9. The molecular formula is C15H18N6O4S. The molecule has 10 nitrogen and oxygen atoms in total. The number of nitrogens with two attached hydrogens (primary N) is 1. The maximum atomic E-state index is 12.9. The Morgan fingerprint density at radius 2 is 2.23 bits per heavy atom. The van der Waals surface area contributed by atoms with Crippen LogP contribution in [0.15, 0.2) is 4.79 Å². The lowest BCUT2D eigenvalue weighted by atomic mass is 10.2. The van der Waals surface area contributed by atoms with Gasteiger partial charge in [0.2, 0.25) is 0 Å². The van der Waals surface area contributed by atoms with Crippen molar-refractivity contribution in [3.63, 3.8) is 0 Å². The van der Waals surface area contributed by atoms with Gasteiger partial charge in [-0.15, -0.1) is 5.10 Å². The second-order valence-corrected chi connectivity index (χ2v) is 6.15. The third-order valence-corrected chi connectivity index (χ3v) is 3.95. The van der Waals surface area contributed by atoms with E-state index in [4.69, 9.17) is 27.4 Å². The van der Waals surface area contributed by atoms with Crippen LogP contribution in [0.5, 0.6) is 0 Å². The summed E-state index contributed by atoms with van der Waals surface area (Å²) in [6.45, 7) is 3.35. The van der Waals surface area contributed by atoms with Crippen molar-refractivity contribution in [1.82, 2.24) is 24.8 Å². The van der Waals surface area contributed by atoms with E-state index in [1.54, 1.807) is 12.8 Å². The Morgan fingerprint density at radius 3 is 2.88 bits per heavy atom. The number of rotatable bonds is 5. The number of aryl methyl sites for hydroxylation is 1. The van der Waals surface area contributed by atoms with Gasteiger partial charge in [0, 0.05) is 19.8 Å². The van der Waals surface area contributed by atoms with E-state index in [0.717, 1.165) is 11.1 Å². The molecule has 0 saturated carbocycles. The first kappa shape index (κ1) is 18.4. The van der Waals surface area contributed by atoms with Gasteiger partial charge in [0.25, 0.3) is 5.56 Å². The number of esters is 1. The second kappa shape index (κ2) is 7.46. The SMILES string of the molecule is CCCc1nn(C(N)=S)c2c(=O)n(C3[CH][CH]C(COC(C)=O)O3)nnc12. The molecule has 2 unspecified atom stereocenters. The summed E-state index contributed by atoms with van der Waals surface area (Å²) in [5, 5.41) is 12.3. The molecule has 26 heavy (non-hydrogen) atoms. The van der Waals surface area contributed by atoms with E-state index in [1.807, 2.05) is 6.92 Å². The first-order chi connectivity index (χ1) is 12.4. The molecule has 2 atom stereocenters. The molecule has 2 N–H and O–H groups in total. The highest BCUT2D eigenvalue weighted by atomic mass is 32.1. The highest BCUT2D eigenvalue weighted by Gasteiger charge is 2.31. The number of nitrogens with zero attached hydrogens (tertiary/aromatic N) is 5. The minimum atomic E-state index is -0.774. The number of thiocarbonyl (C=S) groups is 1. The van der Waals surface area contributed by atoms with Gasteiger partial charge in [-0.1, -0.05) is 18.6 Å². The quantitative estimate of drug-likeness (QED) is 0.560. The molecule has 1 aliphatic rings. The molecule has 0 aliphatic carbocycles. The van der Waals surface area contributed by atoms with Gasteiger partial charge >= 0.3 is 5.97 Å². The topological polar surface area (TPSA) is 127 Å². The maximum absolute atomic E-state index is 12.9. The van der Waals surface area contributed by atoms with Crippen molar-refractivity contribution in [2.45, 2.75) is 39.0 Å². The van der Waals surface area contributed by atoms with E-state index in [2.05, 4.69) is 15.4 Å². The molecule has 1 aliphatic heterocycles. The maximum Gasteiger partial charge on any atom is 0.302 e. The van der Waals surface area contributed by atoms with Crippen LogP contribution in [0.25, 0.3) is 11.0 Å². The van der Waals surface area contributed by atoms with Crippen LogP contribution in [-0.4, -0.2) is 48.6 Å². The molecule has 138 valence electrons. The number of ether oxygens (including phenoxy) is 2. The highest BCUT2D eigenvalue weighted by molar-refractivity contribution is 7.80. The molecule has 0 spiro atoms. The van der Waals surface area contributed by atoms with Gasteiger partial charge in [-0.3, -0.25) is 9.59 Å². The molecule has 1 saturated heterocycles. The zero-order valence-electron chi connectivity index (χ0n) is 14.3. The van der Waals surface area contributed by atoms with E-state index < -0.39 is 23.9 Å². The van der Waals surface area contributed by atoms with Crippen LogP contribution in [0.1, 0.15) is 32.2 Å². The molecule has 2 aromatic heterocycles. The Hall–Kier alpha value is -2.40. The Kier molecular flexibility index (Phi) is 5.28. The van der Waals surface area contributed by atoms with Crippen LogP contribution in [-0.2, 0) is 20.7 Å². The molecule has 0 amide bonds. The summed E-state index contributed by atoms with van der Waals surface area (Å²) >= 11 is 4.99. The first-order valence-electron chi connectivity index (χ1n) is 8.06. The van der Waals surface area contributed by atoms with Crippen molar-refractivity contribution in [3.8, 4) is 0 Å². The van der Waals surface area contributed by atoms with Gasteiger partial charge in [0.1, 0.15) is 12.1 Å². The second-order valence-electron chi connectivity index (χ2n) is 5.74. The molecule has 0 bridgehead atoms. The van der Waals surface area contributed by atoms with Crippen LogP contribution < -0.4 is 11.3 Å². The van der Waals surface area contributed by atoms with E-state index in [0.29, 0.717) is 17.6 Å². The lowest BCUT2D eigenvalue weighted by molar-refractivity contribution is -0.145. The predicted octanol–water partition coefficient (Wildman–Crippen LogP) is -0.0987. The van der Waals surface area contributed by atoms with Crippen LogP contribution in [0.3, 0.4) is 0 Å². The van der Waals surface area contributed by atoms with E-state index in [-0.39, 0.29) is 17.2 Å². The fourth-order valence-electron chi connectivity index (χ4n) is 2.65. The number of hydrogen-bond donors (Lipinski definition) is 1. The zero-order chi connectivity index (χ0) is 18.8. The van der Waals surface area contributed by atoms with Gasteiger partial charge in [-0.25, -0.2) is 0 Å². The monoisotopic (exact) mass is 378 g/mol. The molecule has 2 aromatic rings. The van der Waals surface area contributed by atoms with Gasteiger partial charge in [-0.2, -0.15) is 14.5 Å². The average molecular weight is 378 g/mol. The first-order valence-corrected chi connectivity index (χ1v) is 8.47. The van der Waals surface area contributed by atoms with Crippen molar-refractivity contribution in [2.75, 3.05) is 6.61 Å². The minimum absolute atomic E-state index is 0.0513. The lowest BCUT2D eigenvalue weighted by Crippen LogP contribution is -2.32.